The lowest BCUT2D eigenvalue weighted by atomic mass is 9.96. The fourth-order valence-corrected chi connectivity index (χ4v) is 3.25. The van der Waals surface area contributed by atoms with Gasteiger partial charge in [-0.3, -0.25) is 0 Å². The maximum absolute atomic E-state index is 3.60. The topological polar surface area (TPSA) is 0 Å². The first kappa shape index (κ1) is 12.7. The highest BCUT2D eigenvalue weighted by Gasteiger charge is 2.23. The summed E-state index contributed by atoms with van der Waals surface area (Å²) in [6, 6.07) is 17.4. The lowest BCUT2D eigenvalue weighted by Crippen LogP contribution is -1.92. The fourth-order valence-electron chi connectivity index (χ4n) is 2.89. The van der Waals surface area contributed by atoms with Gasteiger partial charge >= 0.3 is 0 Å². The van der Waals surface area contributed by atoms with Gasteiger partial charge in [-0.1, -0.05) is 71.7 Å². The molecule has 1 unspecified atom stereocenters. The van der Waals surface area contributed by atoms with Crippen LogP contribution < -0.4 is 0 Å². The number of fused-ring (bicyclic) bond motifs is 1. The van der Waals surface area contributed by atoms with Crippen LogP contribution in [0.5, 0.6) is 0 Å². The molecule has 0 spiro atoms. The van der Waals surface area contributed by atoms with Crippen LogP contribution in [-0.4, -0.2) is 0 Å². The van der Waals surface area contributed by atoms with E-state index >= 15 is 0 Å². The number of benzene rings is 2. The Morgan fingerprint density at radius 2 is 1.84 bits per heavy atom. The van der Waals surface area contributed by atoms with Crippen molar-refractivity contribution in [2.24, 2.45) is 0 Å². The van der Waals surface area contributed by atoms with E-state index in [2.05, 4.69) is 77.5 Å². The number of allylic oxidation sites excluding steroid dienone is 1. The number of rotatable bonds is 3. The normalized spacial score (nSPS) is 17.2. The summed E-state index contributed by atoms with van der Waals surface area (Å²) in [6.07, 6.45) is 4.89. The first-order valence-electron chi connectivity index (χ1n) is 6.86. The molecule has 0 aliphatic heterocycles. The zero-order valence-corrected chi connectivity index (χ0v) is 12.7. The molecule has 0 fully saturated rings. The van der Waals surface area contributed by atoms with E-state index in [4.69, 9.17) is 0 Å². The molecule has 96 valence electrons. The van der Waals surface area contributed by atoms with Crippen molar-refractivity contribution in [1.82, 2.24) is 0 Å². The van der Waals surface area contributed by atoms with Gasteiger partial charge in [0.1, 0.15) is 0 Å². The molecule has 19 heavy (non-hydrogen) atoms. The highest BCUT2D eigenvalue weighted by molar-refractivity contribution is 9.10. The molecule has 0 amide bonds. The standard InChI is InChI=1S/C18H17Br/c1-2-6-14-11-17(13-7-4-3-5-8-13)18-12-15(19)9-10-16(14)18/h3-5,7-12,14H,2,6H2,1H3. The van der Waals surface area contributed by atoms with E-state index in [9.17, 15) is 0 Å². The van der Waals surface area contributed by atoms with E-state index < -0.39 is 0 Å². The SMILES string of the molecule is CCCC1C=C(c2ccccc2)c2cc(Br)ccc21. The average Bonchev–Trinajstić information content (AvgIpc) is 2.78. The van der Waals surface area contributed by atoms with Gasteiger partial charge < -0.3 is 0 Å². The molecule has 0 bridgehead atoms. The van der Waals surface area contributed by atoms with Crippen molar-refractivity contribution >= 4 is 21.5 Å². The third kappa shape index (κ3) is 2.40. The second-order valence-corrected chi connectivity index (χ2v) is 5.99. The van der Waals surface area contributed by atoms with E-state index in [1.807, 2.05) is 0 Å². The van der Waals surface area contributed by atoms with Crippen molar-refractivity contribution in [3.8, 4) is 0 Å². The van der Waals surface area contributed by atoms with Crippen molar-refractivity contribution in [3.05, 3.63) is 75.8 Å². The molecule has 1 aliphatic rings. The average molecular weight is 313 g/mol. The monoisotopic (exact) mass is 312 g/mol. The molecule has 0 radical (unpaired) electrons. The highest BCUT2D eigenvalue weighted by atomic mass is 79.9. The van der Waals surface area contributed by atoms with Crippen LogP contribution in [0.15, 0.2) is 59.1 Å². The summed E-state index contributed by atoms with van der Waals surface area (Å²) in [4.78, 5) is 0. The molecule has 0 aromatic heterocycles. The smallest absolute Gasteiger partial charge is 0.0181 e. The molecule has 2 aromatic carbocycles. The maximum atomic E-state index is 3.60. The van der Waals surface area contributed by atoms with Crippen molar-refractivity contribution in [3.63, 3.8) is 0 Å². The Labute approximate surface area is 123 Å². The molecule has 1 heteroatoms. The predicted molar refractivity (Wildman–Crippen MR) is 85.3 cm³/mol. The second-order valence-electron chi connectivity index (χ2n) is 5.07. The molecule has 0 saturated carbocycles. The first-order chi connectivity index (χ1) is 9.29. The van der Waals surface area contributed by atoms with Gasteiger partial charge in [0, 0.05) is 10.4 Å². The number of hydrogen-bond acceptors (Lipinski definition) is 0. The molecule has 0 heterocycles. The summed E-state index contributed by atoms with van der Waals surface area (Å²) in [5.41, 5.74) is 5.57. The van der Waals surface area contributed by atoms with Crippen molar-refractivity contribution in [1.29, 1.82) is 0 Å². The largest absolute Gasteiger partial charge is 0.0685 e. The van der Waals surface area contributed by atoms with Crippen molar-refractivity contribution in [2.45, 2.75) is 25.7 Å². The summed E-state index contributed by atoms with van der Waals surface area (Å²) < 4.78 is 1.16. The second kappa shape index (κ2) is 5.34. The first-order valence-corrected chi connectivity index (χ1v) is 7.66. The minimum absolute atomic E-state index is 0.573. The fraction of sp³-hybridized carbons (Fsp3) is 0.222. The number of halogens is 1. The van der Waals surface area contributed by atoms with Crippen molar-refractivity contribution < 1.29 is 0 Å². The van der Waals surface area contributed by atoms with Crippen LogP contribution in [0.25, 0.3) is 5.57 Å². The Hall–Kier alpha value is -1.34. The van der Waals surface area contributed by atoms with E-state index in [0.717, 1.165) is 4.47 Å². The molecule has 2 aromatic rings. The summed E-state index contributed by atoms with van der Waals surface area (Å²) >= 11 is 3.60. The molecule has 0 nitrogen and oxygen atoms in total. The van der Waals surface area contributed by atoms with Crippen LogP contribution in [-0.2, 0) is 0 Å². The minimum atomic E-state index is 0.573. The van der Waals surface area contributed by atoms with Crippen LogP contribution in [0.3, 0.4) is 0 Å². The van der Waals surface area contributed by atoms with Crippen LogP contribution >= 0.6 is 15.9 Å². The Kier molecular flexibility index (Phi) is 3.56. The lowest BCUT2D eigenvalue weighted by molar-refractivity contribution is 0.725. The van der Waals surface area contributed by atoms with Gasteiger partial charge in [0.25, 0.3) is 0 Å². The predicted octanol–water partition coefficient (Wildman–Crippen LogP) is 5.78. The summed E-state index contributed by atoms with van der Waals surface area (Å²) in [6.45, 7) is 2.26. The van der Waals surface area contributed by atoms with Crippen LogP contribution in [0.1, 0.15) is 42.4 Å². The molecule has 1 atom stereocenters. The molecule has 0 N–H and O–H groups in total. The quantitative estimate of drug-likeness (QED) is 0.674. The molecule has 1 aliphatic carbocycles. The van der Waals surface area contributed by atoms with Crippen LogP contribution in [0.4, 0.5) is 0 Å². The third-order valence-corrected chi connectivity index (χ3v) is 4.25. The molecular weight excluding hydrogens is 296 g/mol. The van der Waals surface area contributed by atoms with Gasteiger partial charge in [0.2, 0.25) is 0 Å². The van der Waals surface area contributed by atoms with E-state index in [1.165, 1.54) is 35.1 Å². The third-order valence-electron chi connectivity index (χ3n) is 3.76. The zero-order chi connectivity index (χ0) is 13.2. The maximum Gasteiger partial charge on any atom is 0.0181 e. The molecular formula is C18H17Br. The van der Waals surface area contributed by atoms with E-state index in [1.54, 1.807) is 0 Å². The Balaban J connectivity index is 2.11. The highest BCUT2D eigenvalue weighted by Crippen LogP contribution is 2.42. The van der Waals surface area contributed by atoms with Crippen LogP contribution in [0.2, 0.25) is 0 Å². The van der Waals surface area contributed by atoms with Crippen molar-refractivity contribution in [2.75, 3.05) is 0 Å². The minimum Gasteiger partial charge on any atom is -0.0685 e. The van der Waals surface area contributed by atoms with Crippen LogP contribution in [0, 0.1) is 0 Å². The summed E-state index contributed by atoms with van der Waals surface area (Å²) in [5.74, 6) is 0.573. The van der Waals surface area contributed by atoms with Gasteiger partial charge in [0.15, 0.2) is 0 Å². The molecule has 3 rings (SSSR count). The Morgan fingerprint density at radius 1 is 1.05 bits per heavy atom. The lowest BCUT2D eigenvalue weighted by Gasteiger charge is -2.10. The van der Waals surface area contributed by atoms with E-state index in [-0.39, 0.29) is 0 Å². The zero-order valence-electron chi connectivity index (χ0n) is 11.1. The van der Waals surface area contributed by atoms with E-state index in [0.29, 0.717) is 5.92 Å². The van der Waals surface area contributed by atoms with Gasteiger partial charge in [-0.2, -0.15) is 0 Å². The summed E-state index contributed by atoms with van der Waals surface area (Å²) in [5, 5.41) is 0. The number of hydrogen-bond donors (Lipinski definition) is 0. The van der Waals surface area contributed by atoms with Gasteiger partial charge in [-0.15, -0.1) is 0 Å². The van der Waals surface area contributed by atoms with Gasteiger partial charge in [-0.05, 0) is 40.8 Å². The van der Waals surface area contributed by atoms with Gasteiger partial charge in [0.05, 0.1) is 0 Å². The Morgan fingerprint density at radius 3 is 2.58 bits per heavy atom. The summed E-state index contributed by atoms with van der Waals surface area (Å²) in [7, 11) is 0. The van der Waals surface area contributed by atoms with Gasteiger partial charge in [-0.25, -0.2) is 0 Å². The molecule has 0 saturated heterocycles. The Bertz CT molecular complexity index is 611.